The largest absolute Gasteiger partial charge is 0.297 e. The Morgan fingerprint density at radius 2 is 2.00 bits per heavy atom. The second-order valence-electron chi connectivity index (χ2n) is 5.85. The Bertz CT molecular complexity index is 603. The number of halogens is 2. The molecule has 0 spiro atoms. The molecule has 0 bridgehead atoms. The molecule has 2 heterocycles. The lowest BCUT2D eigenvalue weighted by Crippen LogP contribution is -2.21. The summed E-state index contributed by atoms with van der Waals surface area (Å²) in [6.45, 7) is 2.81. The van der Waals surface area contributed by atoms with Gasteiger partial charge in [-0.25, -0.2) is 8.78 Å². The van der Waals surface area contributed by atoms with Gasteiger partial charge in [0.05, 0.1) is 5.69 Å². The van der Waals surface area contributed by atoms with Gasteiger partial charge in [-0.2, -0.15) is 5.10 Å². The van der Waals surface area contributed by atoms with Gasteiger partial charge in [0, 0.05) is 32.4 Å². The van der Waals surface area contributed by atoms with Crippen LogP contribution < -0.4 is 0 Å². The lowest BCUT2D eigenvalue weighted by Gasteiger charge is -2.14. The van der Waals surface area contributed by atoms with Crippen LogP contribution in [0, 0.1) is 17.6 Å². The Morgan fingerprint density at radius 3 is 2.67 bits per heavy atom. The lowest BCUT2D eigenvalue weighted by atomic mass is 9.98. The van der Waals surface area contributed by atoms with Crippen LogP contribution in [0.25, 0.3) is 0 Å². The summed E-state index contributed by atoms with van der Waals surface area (Å²) in [6, 6.07) is 5.82. The van der Waals surface area contributed by atoms with Gasteiger partial charge in [0.1, 0.15) is 11.6 Å². The number of rotatable bonds is 4. The third kappa shape index (κ3) is 3.67. The molecule has 21 heavy (non-hydrogen) atoms. The Kier molecular flexibility index (Phi) is 4.01. The van der Waals surface area contributed by atoms with E-state index >= 15 is 0 Å². The highest BCUT2D eigenvalue weighted by Crippen LogP contribution is 2.23. The third-order valence-electron chi connectivity index (χ3n) is 3.97. The number of hydrogen-bond acceptors (Lipinski definition) is 2. The van der Waals surface area contributed by atoms with E-state index < -0.39 is 11.6 Å². The average molecular weight is 291 g/mol. The van der Waals surface area contributed by atoms with Gasteiger partial charge in [0.25, 0.3) is 0 Å². The van der Waals surface area contributed by atoms with Crippen LogP contribution in [0.1, 0.15) is 17.7 Å². The van der Waals surface area contributed by atoms with E-state index in [1.54, 1.807) is 4.68 Å². The van der Waals surface area contributed by atoms with E-state index in [-0.39, 0.29) is 0 Å². The van der Waals surface area contributed by atoms with Crippen LogP contribution >= 0.6 is 0 Å². The van der Waals surface area contributed by atoms with Crippen LogP contribution in [0.2, 0.25) is 0 Å². The van der Waals surface area contributed by atoms with Crippen LogP contribution in [-0.4, -0.2) is 27.8 Å². The minimum atomic E-state index is -0.492. The Morgan fingerprint density at radius 1 is 1.24 bits per heavy atom. The van der Waals surface area contributed by atoms with Gasteiger partial charge < -0.3 is 0 Å². The smallest absolute Gasteiger partial charge is 0.126 e. The average Bonchev–Trinajstić information content (AvgIpc) is 2.98. The number of likely N-dealkylation sites (tertiary alicyclic amines) is 1. The summed E-state index contributed by atoms with van der Waals surface area (Å²) in [4.78, 5) is 2.35. The zero-order valence-corrected chi connectivity index (χ0v) is 12.1. The van der Waals surface area contributed by atoms with Gasteiger partial charge in [-0.15, -0.1) is 0 Å². The molecule has 0 saturated carbocycles. The van der Waals surface area contributed by atoms with E-state index in [0.29, 0.717) is 5.92 Å². The van der Waals surface area contributed by atoms with E-state index in [0.717, 1.165) is 49.8 Å². The zero-order chi connectivity index (χ0) is 14.8. The highest BCUT2D eigenvalue weighted by Gasteiger charge is 2.23. The van der Waals surface area contributed by atoms with Crippen molar-refractivity contribution in [3.8, 4) is 0 Å². The van der Waals surface area contributed by atoms with Gasteiger partial charge in [-0.1, -0.05) is 0 Å². The van der Waals surface area contributed by atoms with Crippen LogP contribution in [-0.2, 0) is 20.0 Å². The monoisotopic (exact) mass is 291 g/mol. The minimum absolute atomic E-state index is 0.454. The van der Waals surface area contributed by atoms with E-state index in [2.05, 4.69) is 10.00 Å². The normalized spacial score (nSPS) is 19.3. The van der Waals surface area contributed by atoms with Crippen LogP contribution in [0.4, 0.5) is 8.78 Å². The van der Waals surface area contributed by atoms with Crippen molar-refractivity contribution in [2.24, 2.45) is 13.0 Å². The maximum Gasteiger partial charge on any atom is 0.126 e. The first-order chi connectivity index (χ1) is 10.1. The van der Waals surface area contributed by atoms with E-state index in [1.807, 2.05) is 19.3 Å². The van der Waals surface area contributed by atoms with Crippen LogP contribution in [0.15, 0.2) is 30.5 Å². The Labute approximate surface area is 123 Å². The van der Waals surface area contributed by atoms with Crippen molar-refractivity contribution in [2.75, 3.05) is 13.1 Å². The molecule has 1 aliphatic rings. The molecule has 1 saturated heterocycles. The molecule has 2 aromatic rings. The predicted octanol–water partition coefficient (Wildman–Crippen LogP) is 2.76. The molecule has 1 atom stereocenters. The lowest BCUT2D eigenvalue weighted by molar-refractivity contribution is 0.311. The quantitative estimate of drug-likeness (QED) is 0.863. The van der Waals surface area contributed by atoms with Crippen molar-refractivity contribution in [1.29, 1.82) is 0 Å². The van der Waals surface area contributed by atoms with E-state index in [9.17, 15) is 8.78 Å². The van der Waals surface area contributed by atoms with Crippen LogP contribution in [0.3, 0.4) is 0 Å². The highest BCUT2D eigenvalue weighted by molar-refractivity contribution is 5.18. The molecule has 1 aliphatic heterocycles. The molecule has 3 nitrogen and oxygen atoms in total. The van der Waals surface area contributed by atoms with Gasteiger partial charge in [0.15, 0.2) is 0 Å². The topological polar surface area (TPSA) is 21.1 Å². The van der Waals surface area contributed by atoms with Crippen molar-refractivity contribution < 1.29 is 8.78 Å². The molecule has 112 valence electrons. The van der Waals surface area contributed by atoms with Crippen LogP contribution in [0.5, 0.6) is 0 Å². The maximum absolute atomic E-state index is 13.2. The Balaban J connectivity index is 1.57. The SMILES string of the molecule is Cn1ccc(CN2CCC(Cc3cc(F)cc(F)c3)C2)n1. The fraction of sp³-hybridized carbons (Fsp3) is 0.438. The minimum Gasteiger partial charge on any atom is -0.297 e. The zero-order valence-electron chi connectivity index (χ0n) is 12.1. The van der Waals surface area contributed by atoms with Crippen molar-refractivity contribution >= 4 is 0 Å². The molecule has 0 radical (unpaired) electrons. The van der Waals surface area contributed by atoms with E-state index in [1.165, 1.54) is 12.1 Å². The molecule has 3 rings (SSSR count). The van der Waals surface area contributed by atoms with Crippen molar-refractivity contribution in [2.45, 2.75) is 19.4 Å². The van der Waals surface area contributed by atoms with Gasteiger partial charge in [-0.3, -0.25) is 9.58 Å². The first-order valence-electron chi connectivity index (χ1n) is 7.24. The molecule has 0 aliphatic carbocycles. The molecular formula is C16H19F2N3. The number of aryl methyl sites for hydroxylation is 1. The Hall–Kier alpha value is -1.75. The van der Waals surface area contributed by atoms with Crippen molar-refractivity contribution in [1.82, 2.24) is 14.7 Å². The molecule has 0 amide bonds. The first-order valence-corrected chi connectivity index (χ1v) is 7.24. The molecular weight excluding hydrogens is 272 g/mol. The molecule has 1 fully saturated rings. The summed E-state index contributed by atoms with van der Waals surface area (Å²) < 4.78 is 28.2. The van der Waals surface area contributed by atoms with Gasteiger partial charge in [0.2, 0.25) is 0 Å². The molecule has 1 unspecified atom stereocenters. The first kappa shape index (κ1) is 14.2. The summed E-state index contributed by atoms with van der Waals surface area (Å²) in [5, 5.41) is 4.38. The van der Waals surface area contributed by atoms with Gasteiger partial charge >= 0.3 is 0 Å². The summed E-state index contributed by atoms with van der Waals surface area (Å²) in [7, 11) is 1.91. The molecule has 5 heteroatoms. The maximum atomic E-state index is 13.2. The highest BCUT2D eigenvalue weighted by atomic mass is 19.1. The number of hydrogen-bond donors (Lipinski definition) is 0. The fourth-order valence-corrected chi connectivity index (χ4v) is 3.06. The summed E-state index contributed by atoms with van der Waals surface area (Å²) in [6.07, 6.45) is 3.73. The van der Waals surface area contributed by atoms with Crippen molar-refractivity contribution in [3.05, 3.63) is 53.4 Å². The third-order valence-corrected chi connectivity index (χ3v) is 3.97. The predicted molar refractivity (Wildman–Crippen MR) is 76.7 cm³/mol. The summed E-state index contributed by atoms with van der Waals surface area (Å²) >= 11 is 0. The summed E-state index contributed by atoms with van der Waals surface area (Å²) in [5.41, 5.74) is 1.81. The van der Waals surface area contributed by atoms with E-state index in [4.69, 9.17) is 0 Å². The number of nitrogens with zero attached hydrogens (tertiary/aromatic N) is 3. The van der Waals surface area contributed by atoms with Gasteiger partial charge in [-0.05, 0) is 49.1 Å². The summed E-state index contributed by atoms with van der Waals surface area (Å²) in [5.74, 6) is -0.531. The second kappa shape index (κ2) is 5.93. The number of benzene rings is 1. The second-order valence-corrected chi connectivity index (χ2v) is 5.85. The fourth-order valence-electron chi connectivity index (χ4n) is 3.06. The molecule has 1 aromatic heterocycles. The molecule has 1 aromatic carbocycles. The van der Waals surface area contributed by atoms with Crippen molar-refractivity contribution in [3.63, 3.8) is 0 Å². The number of aromatic nitrogens is 2. The standard InChI is InChI=1S/C16H19F2N3/c1-20-4-3-16(19-20)11-21-5-2-12(10-21)6-13-7-14(17)9-15(18)8-13/h3-4,7-9,12H,2,5-6,10-11H2,1H3. The molecule has 0 N–H and O–H groups in total.